The van der Waals surface area contributed by atoms with Crippen molar-refractivity contribution in [2.75, 3.05) is 19.5 Å². The lowest BCUT2D eigenvalue weighted by atomic mass is 10.0. The number of carbonyl (C=O) groups excluding carboxylic acids is 1. The Morgan fingerprint density at radius 2 is 1.73 bits per heavy atom. The number of amides is 1. The molecule has 0 saturated heterocycles. The third kappa shape index (κ3) is 4.57. The number of carbonyl (C=O) groups is 1. The minimum Gasteiger partial charge on any atom is -0.497 e. The van der Waals surface area contributed by atoms with E-state index < -0.39 is 0 Å². The van der Waals surface area contributed by atoms with E-state index in [1.54, 1.807) is 22.9 Å². The number of rotatable bonds is 7. The maximum atomic E-state index is 13.0. The van der Waals surface area contributed by atoms with Crippen LogP contribution in [-0.4, -0.2) is 39.5 Å². The molecule has 1 N–H and O–H groups in total. The molecule has 0 aliphatic rings. The highest BCUT2D eigenvalue weighted by Gasteiger charge is 2.14. The number of nitrogens with one attached hydrogen (secondary N) is 1. The molecule has 0 radical (unpaired) electrons. The van der Waals surface area contributed by atoms with Gasteiger partial charge in [0.25, 0.3) is 5.56 Å². The Morgan fingerprint density at radius 1 is 1.06 bits per heavy atom. The zero-order chi connectivity index (χ0) is 23.5. The molecule has 4 rings (SSSR count). The van der Waals surface area contributed by atoms with Gasteiger partial charge in [-0.3, -0.25) is 14.2 Å². The Balaban J connectivity index is 1.57. The Kier molecular flexibility index (Phi) is 6.12. The molecule has 0 aliphatic heterocycles. The number of nitrogens with zero attached hydrogens (tertiary/aromatic N) is 4. The number of methoxy groups -OCH3 is 2. The quantitative estimate of drug-likeness (QED) is 0.466. The van der Waals surface area contributed by atoms with Gasteiger partial charge < -0.3 is 14.8 Å². The van der Waals surface area contributed by atoms with Gasteiger partial charge in [0.1, 0.15) is 29.8 Å². The second-order valence-corrected chi connectivity index (χ2v) is 7.87. The Morgan fingerprint density at radius 3 is 2.33 bits per heavy atom. The highest BCUT2D eigenvalue weighted by atomic mass is 16.5. The molecular formula is C24H25N5O4. The van der Waals surface area contributed by atoms with Crippen molar-refractivity contribution in [3.8, 4) is 17.2 Å². The first-order valence-electron chi connectivity index (χ1n) is 10.5. The van der Waals surface area contributed by atoms with Crippen molar-refractivity contribution in [2.24, 2.45) is 0 Å². The van der Waals surface area contributed by atoms with E-state index >= 15 is 0 Å². The summed E-state index contributed by atoms with van der Waals surface area (Å²) in [5, 5.41) is 7.43. The van der Waals surface area contributed by atoms with Crippen molar-refractivity contribution in [1.29, 1.82) is 0 Å². The standard InChI is InChI=1S/C24H25N5O4/c1-15(2)16-5-7-18(8-6-16)29-23-21(12-26-29)24(31)28(14-25-23)13-22(30)27-17-9-19(32-3)11-20(10-17)33-4/h5-12,14-15H,13H2,1-4H3,(H,27,30). The van der Waals surface area contributed by atoms with Crippen molar-refractivity contribution >= 4 is 22.6 Å². The fourth-order valence-corrected chi connectivity index (χ4v) is 3.49. The molecule has 33 heavy (non-hydrogen) atoms. The van der Waals surface area contributed by atoms with Gasteiger partial charge >= 0.3 is 0 Å². The van der Waals surface area contributed by atoms with E-state index in [9.17, 15) is 9.59 Å². The maximum Gasteiger partial charge on any atom is 0.264 e. The van der Waals surface area contributed by atoms with Crippen LogP contribution in [0.1, 0.15) is 25.3 Å². The van der Waals surface area contributed by atoms with E-state index in [1.165, 1.54) is 36.9 Å². The van der Waals surface area contributed by atoms with Crippen LogP contribution in [0.15, 0.2) is 59.8 Å². The Labute approximate surface area is 190 Å². The van der Waals surface area contributed by atoms with Crippen LogP contribution in [0, 0.1) is 0 Å². The number of hydrogen-bond donors (Lipinski definition) is 1. The number of fused-ring (bicyclic) bond motifs is 1. The van der Waals surface area contributed by atoms with Gasteiger partial charge in [0.05, 0.1) is 26.1 Å². The fraction of sp³-hybridized carbons (Fsp3) is 0.250. The van der Waals surface area contributed by atoms with Crippen LogP contribution < -0.4 is 20.3 Å². The molecule has 0 bridgehead atoms. The van der Waals surface area contributed by atoms with E-state index in [2.05, 4.69) is 29.2 Å². The molecule has 2 heterocycles. The summed E-state index contributed by atoms with van der Waals surface area (Å²) < 4.78 is 13.3. The summed E-state index contributed by atoms with van der Waals surface area (Å²) in [7, 11) is 3.05. The molecule has 9 heteroatoms. The molecule has 170 valence electrons. The summed E-state index contributed by atoms with van der Waals surface area (Å²) in [4.78, 5) is 29.9. The zero-order valence-corrected chi connectivity index (χ0v) is 18.9. The summed E-state index contributed by atoms with van der Waals surface area (Å²) in [6.45, 7) is 4.06. The van der Waals surface area contributed by atoms with Crippen molar-refractivity contribution in [1.82, 2.24) is 19.3 Å². The van der Waals surface area contributed by atoms with Crippen LogP contribution in [0.25, 0.3) is 16.7 Å². The van der Waals surface area contributed by atoms with Gasteiger partial charge in [-0.2, -0.15) is 5.10 Å². The first kappa shape index (κ1) is 22.1. The van der Waals surface area contributed by atoms with Crippen LogP contribution >= 0.6 is 0 Å². The van der Waals surface area contributed by atoms with Gasteiger partial charge in [-0.15, -0.1) is 0 Å². The van der Waals surface area contributed by atoms with E-state index in [-0.39, 0.29) is 18.0 Å². The van der Waals surface area contributed by atoms with Crippen LogP contribution in [0.2, 0.25) is 0 Å². The monoisotopic (exact) mass is 447 g/mol. The summed E-state index contributed by atoms with van der Waals surface area (Å²) in [5.41, 5.74) is 2.61. The third-order valence-corrected chi connectivity index (χ3v) is 5.31. The molecule has 0 fully saturated rings. The number of hydrogen-bond acceptors (Lipinski definition) is 6. The van der Waals surface area contributed by atoms with Gasteiger partial charge in [-0.1, -0.05) is 26.0 Å². The average molecular weight is 447 g/mol. The highest BCUT2D eigenvalue weighted by molar-refractivity contribution is 5.91. The Hall–Kier alpha value is -4.14. The molecule has 0 saturated carbocycles. The number of anilines is 1. The lowest BCUT2D eigenvalue weighted by molar-refractivity contribution is -0.116. The van der Waals surface area contributed by atoms with E-state index in [4.69, 9.17) is 9.47 Å². The minimum absolute atomic E-state index is 0.199. The molecule has 0 atom stereocenters. The lowest BCUT2D eigenvalue weighted by Crippen LogP contribution is -2.27. The van der Waals surface area contributed by atoms with Gasteiger partial charge in [0, 0.05) is 23.9 Å². The first-order chi connectivity index (χ1) is 15.9. The highest BCUT2D eigenvalue weighted by Crippen LogP contribution is 2.25. The molecule has 0 unspecified atom stereocenters. The second-order valence-electron chi connectivity index (χ2n) is 7.87. The van der Waals surface area contributed by atoms with E-state index in [1.807, 2.05) is 24.3 Å². The van der Waals surface area contributed by atoms with Crippen LogP contribution in [0.5, 0.6) is 11.5 Å². The maximum absolute atomic E-state index is 13.0. The third-order valence-electron chi connectivity index (χ3n) is 5.31. The molecule has 0 aliphatic carbocycles. The fourth-order valence-electron chi connectivity index (χ4n) is 3.49. The van der Waals surface area contributed by atoms with Crippen molar-refractivity contribution in [3.63, 3.8) is 0 Å². The number of ether oxygens (including phenoxy) is 2. The molecule has 4 aromatic rings. The largest absolute Gasteiger partial charge is 0.497 e. The Bertz CT molecular complexity index is 1330. The van der Waals surface area contributed by atoms with E-state index in [0.717, 1.165) is 5.69 Å². The molecule has 1 amide bonds. The van der Waals surface area contributed by atoms with Crippen molar-refractivity contribution < 1.29 is 14.3 Å². The molecule has 2 aromatic heterocycles. The predicted octanol–water partition coefficient (Wildman–Crippen LogP) is 3.36. The predicted molar refractivity (Wildman–Crippen MR) is 125 cm³/mol. The SMILES string of the molecule is COc1cc(NC(=O)Cn2cnc3c(cnn3-c3ccc(C(C)C)cc3)c2=O)cc(OC)c1. The summed E-state index contributed by atoms with van der Waals surface area (Å²) in [5.74, 6) is 1.12. The van der Waals surface area contributed by atoms with Gasteiger partial charge in [0.2, 0.25) is 5.91 Å². The molecular weight excluding hydrogens is 422 g/mol. The molecule has 9 nitrogen and oxygen atoms in total. The van der Waals surface area contributed by atoms with Crippen molar-refractivity contribution in [3.05, 3.63) is 70.9 Å². The van der Waals surface area contributed by atoms with Crippen molar-refractivity contribution in [2.45, 2.75) is 26.3 Å². The zero-order valence-electron chi connectivity index (χ0n) is 18.9. The second kappa shape index (κ2) is 9.15. The van der Waals surface area contributed by atoms with Gasteiger partial charge in [0.15, 0.2) is 5.65 Å². The van der Waals surface area contributed by atoms with E-state index in [0.29, 0.717) is 34.1 Å². The average Bonchev–Trinajstić information content (AvgIpc) is 3.25. The van der Waals surface area contributed by atoms with Gasteiger partial charge in [-0.05, 0) is 23.6 Å². The smallest absolute Gasteiger partial charge is 0.264 e. The van der Waals surface area contributed by atoms with Gasteiger partial charge in [-0.25, -0.2) is 9.67 Å². The summed E-state index contributed by atoms with van der Waals surface area (Å²) in [6, 6.07) is 13.0. The molecule has 0 spiro atoms. The van der Waals surface area contributed by atoms with Crippen LogP contribution in [0.3, 0.4) is 0 Å². The summed E-state index contributed by atoms with van der Waals surface area (Å²) in [6.07, 6.45) is 2.83. The van der Waals surface area contributed by atoms with Crippen LogP contribution in [0.4, 0.5) is 5.69 Å². The first-order valence-corrected chi connectivity index (χ1v) is 10.5. The van der Waals surface area contributed by atoms with Crippen LogP contribution in [-0.2, 0) is 11.3 Å². The number of aromatic nitrogens is 4. The number of benzene rings is 2. The normalized spacial score (nSPS) is 11.1. The summed E-state index contributed by atoms with van der Waals surface area (Å²) >= 11 is 0. The minimum atomic E-state index is -0.384. The lowest BCUT2D eigenvalue weighted by Gasteiger charge is -2.11. The topological polar surface area (TPSA) is 100 Å². The molecule has 2 aromatic carbocycles.